The molecule has 3 N–H and O–H groups in total. The van der Waals surface area contributed by atoms with Gasteiger partial charge < -0.3 is 0 Å². The van der Waals surface area contributed by atoms with Crippen molar-refractivity contribution < 1.29 is 4.79 Å². The Bertz CT molecular complexity index is 130. The van der Waals surface area contributed by atoms with Gasteiger partial charge in [-0.2, -0.15) is 0 Å². The summed E-state index contributed by atoms with van der Waals surface area (Å²) < 4.78 is 0. The van der Waals surface area contributed by atoms with Gasteiger partial charge in [-0.1, -0.05) is 6.92 Å². The molecule has 2 amide bonds. The monoisotopic (exact) mass is 129 g/mol. The Morgan fingerprint density at radius 3 is 2.67 bits per heavy atom. The molecule has 4 heteroatoms. The van der Waals surface area contributed by atoms with Gasteiger partial charge in [0.25, 0.3) is 0 Å². The lowest BCUT2D eigenvalue weighted by atomic mass is 10.3. The predicted octanol–water partition coefficient (Wildman–Crippen LogP) is 0.441. The van der Waals surface area contributed by atoms with Crippen LogP contribution in [0.1, 0.15) is 20.3 Å². The molecule has 9 heavy (non-hydrogen) atoms. The van der Waals surface area contributed by atoms with Gasteiger partial charge in [-0.05, 0) is 13.3 Å². The second-order valence-corrected chi connectivity index (χ2v) is 1.65. The Balaban J connectivity index is 3.79. The highest BCUT2D eigenvalue weighted by Gasteiger charge is 1.91. The zero-order chi connectivity index (χ0) is 7.28. The molecule has 0 aliphatic rings. The fourth-order valence-electron chi connectivity index (χ4n) is 0.285. The Kier molecular flexibility index (Phi) is 3.62. The molecule has 0 unspecified atom stereocenters. The Morgan fingerprint density at radius 1 is 1.78 bits per heavy atom. The average Bonchev–Trinajstić information content (AvgIpc) is 1.87. The largest absolute Gasteiger partial charge is 0.354 e. The first-order chi connectivity index (χ1) is 4.20. The third kappa shape index (κ3) is 3.66. The van der Waals surface area contributed by atoms with E-state index in [1.165, 1.54) is 0 Å². The van der Waals surface area contributed by atoms with Gasteiger partial charge in [0.05, 0.1) is 0 Å². The standard InChI is InChI=1S/C5H11N3O/c1-3-4(2)7-5(9)8-6/h3,6H2,1-2H3,(H,8,9)/b7-4+. The van der Waals surface area contributed by atoms with E-state index in [-0.39, 0.29) is 0 Å². The number of urea groups is 1. The van der Waals surface area contributed by atoms with Crippen molar-refractivity contribution in [3.63, 3.8) is 0 Å². The number of carbonyl (C=O) groups excluding carboxylic acids is 1. The molecule has 0 aromatic heterocycles. The summed E-state index contributed by atoms with van der Waals surface area (Å²) in [7, 11) is 0. The van der Waals surface area contributed by atoms with Crippen LogP contribution in [-0.4, -0.2) is 11.7 Å². The van der Waals surface area contributed by atoms with Crippen LogP contribution in [0.4, 0.5) is 4.79 Å². The number of nitrogens with two attached hydrogens (primary N) is 1. The number of nitrogens with zero attached hydrogens (tertiary/aromatic N) is 1. The van der Waals surface area contributed by atoms with Crippen molar-refractivity contribution in [2.24, 2.45) is 10.8 Å². The molecule has 0 aromatic rings. The number of carbonyl (C=O) groups is 1. The van der Waals surface area contributed by atoms with Crippen molar-refractivity contribution in [1.82, 2.24) is 5.43 Å². The Labute approximate surface area is 54.1 Å². The van der Waals surface area contributed by atoms with Crippen molar-refractivity contribution in [2.45, 2.75) is 20.3 Å². The molecule has 0 spiro atoms. The molecular formula is C5H11N3O. The highest BCUT2D eigenvalue weighted by molar-refractivity contribution is 5.93. The number of hydrogen-bond donors (Lipinski definition) is 2. The fraction of sp³-hybridized carbons (Fsp3) is 0.600. The van der Waals surface area contributed by atoms with Gasteiger partial charge >= 0.3 is 6.03 Å². The maximum atomic E-state index is 10.4. The zero-order valence-electron chi connectivity index (χ0n) is 5.64. The minimum Gasteiger partial charge on any atom is -0.274 e. The lowest BCUT2D eigenvalue weighted by molar-refractivity contribution is 0.249. The number of hydrogen-bond acceptors (Lipinski definition) is 2. The first-order valence-corrected chi connectivity index (χ1v) is 2.75. The van der Waals surface area contributed by atoms with Gasteiger partial charge in [0.1, 0.15) is 0 Å². The van der Waals surface area contributed by atoms with Crippen LogP contribution in [0.15, 0.2) is 4.99 Å². The number of rotatable bonds is 1. The number of amides is 2. The zero-order valence-corrected chi connectivity index (χ0v) is 5.64. The van der Waals surface area contributed by atoms with Crippen LogP contribution in [-0.2, 0) is 0 Å². The summed E-state index contributed by atoms with van der Waals surface area (Å²) in [4.78, 5) is 13.9. The van der Waals surface area contributed by atoms with Crippen LogP contribution in [0.5, 0.6) is 0 Å². The molecule has 52 valence electrons. The van der Waals surface area contributed by atoms with E-state index < -0.39 is 6.03 Å². The van der Waals surface area contributed by atoms with E-state index >= 15 is 0 Å². The van der Waals surface area contributed by atoms with E-state index in [2.05, 4.69) is 4.99 Å². The molecule has 0 rings (SSSR count). The van der Waals surface area contributed by atoms with Crippen molar-refractivity contribution in [3.05, 3.63) is 0 Å². The third-order valence-electron chi connectivity index (χ3n) is 0.928. The van der Waals surface area contributed by atoms with Crippen LogP contribution in [0.3, 0.4) is 0 Å². The molecule has 0 bridgehead atoms. The van der Waals surface area contributed by atoms with Gasteiger partial charge in [0.15, 0.2) is 0 Å². The maximum absolute atomic E-state index is 10.4. The normalized spacial score (nSPS) is 11.2. The van der Waals surface area contributed by atoms with E-state index in [1.54, 1.807) is 6.92 Å². The molecule has 0 heterocycles. The van der Waals surface area contributed by atoms with Gasteiger partial charge in [0, 0.05) is 5.71 Å². The summed E-state index contributed by atoms with van der Waals surface area (Å²) in [5.74, 6) is 4.77. The van der Waals surface area contributed by atoms with Crippen LogP contribution < -0.4 is 11.3 Å². The Morgan fingerprint density at radius 2 is 2.33 bits per heavy atom. The highest BCUT2D eigenvalue weighted by Crippen LogP contribution is 1.83. The summed E-state index contributed by atoms with van der Waals surface area (Å²) in [5, 5.41) is 0. The van der Waals surface area contributed by atoms with Crippen LogP contribution >= 0.6 is 0 Å². The van der Waals surface area contributed by atoms with Crippen molar-refractivity contribution >= 4 is 11.7 Å². The molecule has 4 nitrogen and oxygen atoms in total. The van der Waals surface area contributed by atoms with E-state index in [1.807, 2.05) is 12.3 Å². The van der Waals surface area contributed by atoms with E-state index in [0.717, 1.165) is 12.1 Å². The smallest absolute Gasteiger partial charge is 0.274 e. The molecule has 0 aromatic carbocycles. The summed E-state index contributed by atoms with van der Waals surface area (Å²) in [6.07, 6.45) is 0.771. The van der Waals surface area contributed by atoms with Gasteiger partial charge in [0.2, 0.25) is 0 Å². The molecular weight excluding hydrogens is 118 g/mol. The molecule has 0 saturated heterocycles. The first kappa shape index (κ1) is 8.10. The number of hydrazine groups is 1. The molecule has 0 aliphatic carbocycles. The van der Waals surface area contributed by atoms with E-state index in [9.17, 15) is 4.79 Å². The average molecular weight is 129 g/mol. The number of nitrogens with one attached hydrogen (secondary N) is 1. The second kappa shape index (κ2) is 4.03. The van der Waals surface area contributed by atoms with E-state index in [0.29, 0.717) is 0 Å². The summed E-state index contributed by atoms with van der Waals surface area (Å²) >= 11 is 0. The van der Waals surface area contributed by atoms with Crippen molar-refractivity contribution in [2.75, 3.05) is 0 Å². The lowest BCUT2D eigenvalue weighted by Crippen LogP contribution is -2.27. The van der Waals surface area contributed by atoms with Crippen LogP contribution in [0, 0.1) is 0 Å². The SMILES string of the molecule is CC/C(C)=N/C(=O)NN. The van der Waals surface area contributed by atoms with Crippen molar-refractivity contribution in [3.8, 4) is 0 Å². The predicted molar refractivity (Wildman–Crippen MR) is 36.1 cm³/mol. The minimum atomic E-state index is -0.491. The summed E-state index contributed by atoms with van der Waals surface area (Å²) in [6.45, 7) is 3.69. The maximum Gasteiger partial charge on any atom is 0.354 e. The van der Waals surface area contributed by atoms with Gasteiger partial charge in [-0.15, -0.1) is 0 Å². The van der Waals surface area contributed by atoms with Gasteiger partial charge in [-0.25, -0.2) is 15.6 Å². The third-order valence-corrected chi connectivity index (χ3v) is 0.928. The first-order valence-electron chi connectivity index (χ1n) is 2.75. The van der Waals surface area contributed by atoms with Crippen molar-refractivity contribution in [1.29, 1.82) is 0 Å². The molecule has 0 aliphatic heterocycles. The quantitative estimate of drug-likeness (QED) is 0.233. The fourth-order valence-corrected chi connectivity index (χ4v) is 0.285. The van der Waals surface area contributed by atoms with Gasteiger partial charge in [-0.3, -0.25) is 5.43 Å². The second-order valence-electron chi connectivity index (χ2n) is 1.65. The Hall–Kier alpha value is -0.900. The molecule has 0 radical (unpaired) electrons. The highest BCUT2D eigenvalue weighted by atomic mass is 16.2. The van der Waals surface area contributed by atoms with E-state index in [4.69, 9.17) is 5.84 Å². The molecule has 0 fully saturated rings. The topological polar surface area (TPSA) is 67.5 Å². The molecule has 0 saturated carbocycles. The lowest BCUT2D eigenvalue weighted by Gasteiger charge is -1.92. The molecule has 0 atom stereocenters. The number of aliphatic imine (C=N–C) groups is 1. The van der Waals surface area contributed by atoms with Crippen LogP contribution in [0.25, 0.3) is 0 Å². The summed E-state index contributed by atoms with van der Waals surface area (Å²) in [5.41, 5.74) is 2.68. The minimum absolute atomic E-state index is 0.491. The summed E-state index contributed by atoms with van der Waals surface area (Å²) in [6, 6.07) is -0.491. The van der Waals surface area contributed by atoms with Crippen LogP contribution in [0.2, 0.25) is 0 Å².